The summed E-state index contributed by atoms with van der Waals surface area (Å²) in [5.74, 6) is 0.659. The molecule has 0 atom stereocenters. The molecular formula is C44H34N2O10. The lowest BCUT2D eigenvalue weighted by Crippen LogP contribution is -2.18. The zero-order chi connectivity index (χ0) is 39.7. The van der Waals surface area contributed by atoms with Crippen molar-refractivity contribution in [3.8, 4) is 79.6 Å². The molecule has 280 valence electrons. The molecular weight excluding hydrogens is 716 g/mol. The van der Waals surface area contributed by atoms with Gasteiger partial charge in [-0.2, -0.15) is 0 Å². The van der Waals surface area contributed by atoms with Crippen molar-refractivity contribution >= 4 is 21.5 Å². The highest BCUT2D eigenvalue weighted by Crippen LogP contribution is 2.37. The Labute approximate surface area is 318 Å². The van der Waals surface area contributed by atoms with Gasteiger partial charge < -0.3 is 40.1 Å². The average Bonchev–Trinajstić information content (AvgIpc) is 3.19. The first-order valence-corrected chi connectivity index (χ1v) is 17.1. The van der Waals surface area contributed by atoms with Crippen molar-refractivity contribution in [1.29, 1.82) is 0 Å². The van der Waals surface area contributed by atoms with Gasteiger partial charge in [-0.25, -0.2) is 0 Å². The lowest BCUT2D eigenvalue weighted by atomic mass is 9.99. The molecule has 0 radical (unpaired) electrons. The van der Waals surface area contributed by atoms with E-state index in [4.69, 9.17) is 9.47 Å². The van der Waals surface area contributed by atoms with E-state index in [-0.39, 0.29) is 45.3 Å². The third-order valence-electron chi connectivity index (χ3n) is 9.22. The van der Waals surface area contributed by atoms with E-state index < -0.39 is 11.1 Å². The van der Waals surface area contributed by atoms with Crippen LogP contribution in [0.15, 0.2) is 143 Å². The number of nitrogens with zero attached hydrogens (tertiary/aromatic N) is 2. The molecule has 0 amide bonds. The van der Waals surface area contributed by atoms with Crippen molar-refractivity contribution in [2.75, 3.05) is 14.2 Å². The van der Waals surface area contributed by atoms with E-state index in [1.165, 1.54) is 45.5 Å². The second-order valence-electron chi connectivity index (χ2n) is 12.7. The summed E-state index contributed by atoms with van der Waals surface area (Å²) >= 11 is 0. The smallest absolute Gasteiger partial charge is 0.266 e. The van der Waals surface area contributed by atoms with Gasteiger partial charge in [-0.1, -0.05) is 24.3 Å². The Bertz CT molecular complexity index is 2650. The van der Waals surface area contributed by atoms with Gasteiger partial charge in [0.25, 0.3) is 11.1 Å². The molecule has 8 rings (SSSR count). The number of phenolic OH excluding ortho intramolecular Hbond substituents is 6. The second kappa shape index (κ2) is 14.9. The van der Waals surface area contributed by atoms with E-state index in [2.05, 4.69) is 0 Å². The van der Waals surface area contributed by atoms with Crippen LogP contribution in [0.25, 0.3) is 55.2 Å². The lowest BCUT2D eigenvalue weighted by molar-refractivity contribution is 0.415. The third-order valence-corrected chi connectivity index (χ3v) is 9.22. The zero-order valence-corrected chi connectivity index (χ0v) is 29.9. The van der Waals surface area contributed by atoms with Crippen LogP contribution in [0.4, 0.5) is 0 Å². The minimum atomic E-state index is -0.435. The normalized spacial score (nSPS) is 10.9. The molecule has 0 saturated heterocycles. The van der Waals surface area contributed by atoms with Crippen LogP contribution < -0.4 is 20.6 Å². The number of hydrogen-bond acceptors (Lipinski definition) is 10. The highest BCUT2D eigenvalue weighted by molar-refractivity contribution is 6.01. The van der Waals surface area contributed by atoms with Crippen LogP contribution >= 0.6 is 0 Å². The molecule has 2 aromatic heterocycles. The molecule has 12 nitrogen and oxygen atoms in total. The number of benzene rings is 6. The van der Waals surface area contributed by atoms with Crippen molar-refractivity contribution in [3.63, 3.8) is 0 Å². The molecule has 2 heterocycles. The van der Waals surface area contributed by atoms with Crippen LogP contribution in [0, 0.1) is 0 Å². The van der Waals surface area contributed by atoms with Crippen molar-refractivity contribution in [2.45, 2.75) is 0 Å². The molecule has 0 aliphatic carbocycles. The molecule has 6 N–H and O–H groups in total. The van der Waals surface area contributed by atoms with Crippen LogP contribution in [0.5, 0.6) is 46.0 Å². The maximum atomic E-state index is 13.1. The molecule has 0 aliphatic rings. The predicted octanol–water partition coefficient (Wildman–Crippen LogP) is 7.57. The Kier molecular flexibility index (Phi) is 9.69. The van der Waals surface area contributed by atoms with Crippen LogP contribution in [0.1, 0.15) is 0 Å². The third kappa shape index (κ3) is 6.97. The van der Waals surface area contributed by atoms with Crippen molar-refractivity contribution < 1.29 is 40.1 Å². The van der Waals surface area contributed by atoms with E-state index in [1.54, 1.807) is 75.1 Å². The van der Waals surface area contributed by atoms with Crippen LogP contribution in [-0.2, 0) is 0 Å². The fourth-order valence-corrected chi connectivity index (χ4v) is 6.46. The van der Waals surface area contributed by atoms with Gasteiger partial charge in [-0.05, 0) is 96.1 Å². The standard InChI is InChI=1S/2C22H17NO5/c2*1-28-17-8-2-13(3-9-17)19-12-23(14-4-6-15(24)7-5-14)22(27)21-18(19)10-16(25)11-20(21)26/h2*2-12,24-26H,1H3. The van der Waals surface area contributed by atoms with Crippen LogP contribution in [0.3, 0.4) is 0 Å². The minimum absolute atomic E-state index is 0.0840. The Morgan fingerprint density at radius 2 is 0.768 bits per heavy atom. The van der Waals surface area contributed by atoms with E-state index in [0.717, 1.165) is 23.3 Å². The molecule has 56 heavy (non-hydrogen) atoms. The number of phenols is 6. The topological polar surface area (TPSA) is 184 Å². The van der Waals surface area contributed by atoms with Gasteiger partial charge in [-0.15, -0.1) is 0 Å². The SMILES string of the molecule is COc1ccc(-c2cn(-c3ccc(O)cc3)c(=O)c3c(O)cc(O)cc23)cc1.COc1ccc(-c2cn(-c3ccc(O)cc3)c(=O)c3c(O)cc(O)cc23)cc1. The Balaban J connectivity index is 0.000000172. The largest absolute Gasteiger partial charge is 0.508 e. The fraction of sp³-hybridized carbons (Fsp3) is 0.0455. The number of ether oxygens (including phenoxy) is 2. The number of methoxy groups -OCH3 is 2. The van der Waals surface area contributed by atoms with Crippen molar-refractivity contribution in [1.82, 2.24) is 9.13 Å². The molecule has 0 aliphatic heterocycles. The summed E-state index contributed by atoms with van der Waals surface area (Å²) in [6.45, 7) is 0. The molecule has 8 aromatic rings. The summed E-state index contributed by atoms with van der Waals surface area (Å²) in [6.07, 6.45) is 3.30. The van der Waals surface area contributed by atoms with Crippen molar-refractivity contribution in [2.24, 2.45) is 0 Å². The summed E-state index contributed by atoms with van der Waals surface area (Å²) in [7, 11) is 3.15. The van der Waals surface area contributed by atoms with Gasteiger partial charge in [-0.3, -0.25) is 18.7 Å². The Hall–Kier alpha value is -7.86. The number of aromatic hydroxyl groups is 6. The van der Waals surface area contributed by atoms with Gasteiger partial charge in [0.05, 0.1) is 25.0 Å². The van der Waals surface area contributed by atoms with E-state index in [9.17, 15) is 40.2 Å². The summed E-state index contributed by atoms with van der Waals surface area (Å²) < 4.78 is 13.2. The number of aromatic nitrogens is 2. The minimum Gasteiger partial charge on any atom is -0.508 e. The van der Waals surface area contributed by atoms with E-state index >= 15 is 0 Å². The first-order chi connectivity index (χ1) is 26.9. The van der Waals surface area contributed by atoms with Crippen LogP contribution in [0.2, 0.25) is 0 Å². The Morgan fingerprint density at radius 3 is 1.09 bits per heavy atom. The summed E-state index contributed by atoms with van der Waals surface area (Å²) in [4.78, 5) is 26.1. The molecule has 0 fully saturated rings. The van der Waals surface area contributed by atoms with Gasteiger partial charge in [0, 0.05) is 57.8 Å². The average molecular weight is 751 g/mol. The quantitative estimate of drug-likeness (QED) is 0.0991. The van der Waals surface area contributed by atoms with Gasteiger partial charge in [0.2, 0.25) is 0 Å². The molecule has 0 spiro atoms. The number of hydrogen-bond donors (Lipinski definition) is 6. The number of fused-ring (bicyclic) bond motifs is 2. The van der Waals surface area contributed by atoms with E-state index in [0.29, 0.717) is 44.8 Å². The molecule has 0 saturated carbocycles. The molecule has 0 bridgehead atoms. The summed E-state index contributed by atoms with van der Waals surface area (Å²) in [5, 5.41) is 60.8. The van der Waals surface area contributed by atoms with E-state index in [1.807, 2.05) is 24.3 Å². The monoisotopic (exact) mass is 750 g/mol. The predicted molar refractivity (Wildman–Crippen MR) is 213 cm³/mol. The zero-order valence-electron chi connectivity index (χ0n) is 29.9. The maximum absolute atomic E-state index is 13.1. The molecule has 6 aromatic carbocycles. The molecule has 12 heteroatoms. The first kappa shape index (κ1) is 36.5. The number of pyridine rings is 2. The Morgan fingerprint density at radius 1 is 0.429 bits per heavy atom. The fourth-order valence-electron chi connectivity index (χ4n) is 6.46. The van der Waals surface area contributed by atoms with Crippen LogP contribution in [-0.4, -0.2) is 54.0 Å². The second-order valence-corrected chi connectivity index (χ2v) is 12.7. The highest BCUT2D eigenvalue weighted by atomic mass is 16.5. The lowest BCUT2D eigenvalue weighted by Gasteiger charge is -2.14. The summed E-state index contributed by atoms with van der Waals surface area (Å²) in [6, 6.07) is 32.1. The number of rotatable bonds is 6. The van der Waals surface area contributed by atoms with Gasteiger partial charge in [0.1, 0.15) is 46.0 Å². The first-order valence-electron chi connectivity index (χ1n) is 17.1. The van der Waals surface area contributed by atoms with Crippen molar-refractivity contribution in [3.05, 3.63) is 154 Å². The van der Waals surface area contributed by atoms with Gasteiger partial charge in [0.15, 0.2) is 0 Å². The maximum Gasteiger partial charge on any atom is 0.266 e. The van der Waals surface area contributed by atoms with Gasteiger partial charge >= 0.3 is 0 Å². The molecule has 0 unspecified atom stereocenters. The summed E-state index contributed by atoms with van der Waals surface area (Å²) in [5.41, 5.74) is 3.06. The highest BCUT2D eigenvalue weighted by Gasteiger charge is 2.18.